The first kappa shape index (κ1) is 16.3. The summed E-state index contributed by atoms with van der Waals surface area (Å²) in [5, 5.41) is 3.47. The number of nitrogens with one attached hydrogen (secondary N) is 1. The van der Waals surface area contributed by atoms with Gasteiger partial charge in [-0.2, -0.15) is 0 Å². The van der Waals surface area contributed by atoms with Crippen molar-refractivity contribution in [3.05, 3.63) is 53.4 Å². The van der Waals surface area contributed by atoms with E-state index in [-0.39, 0.29) is 5.91 Å². The van der Waals surface area contributed by atoms with Gasteiger partial charge in [0.1, 0.15) is 11.3 Å². The third kappa shape index (κ3) is 3.36. The molecule has 0 bridgehead atoms. The lowest BCUT2D eigenvalue weighted by molar-refractivity contribution is -0.128. The molecular weight excluding hydrogens is 328 g/mol. The van der Waals surface area contributed by atoms with E-state index in [1.165, 1.54) is 0 Å². The summed E-state index contributed by atoms with van der Waals surface area (Å²) in [7, 11) is 0. The number of carbonyl (C=O) groups excluding carboxylic acids is 1. The van der Waals surface area contributed by atoms with Crippen LogP contribution in [0.1, 0.15) is 19.7 Å². The zero-order chi connectivity index (χ0) is 17.3. The van der Waals surface area contributed by atoms with Gasteiger partial charge in [0, 0.05) is 11.9 Å². The van der Waals surface area contributed by atoms with E-state index in [2.05, 4.69) is 10.3 Å². The highest BCUT2D eigenvalue weighted by Crippen LogP contribution is 2.26. The SMILES string of the molecule is Cc1nc2c(NC(=O)C(C)(C)Oc3ccc(Cl)cc3)cccc2o1. The lowest BCUT2D eigenvalue weighted by Crippen LogP contribution is -2.42. The highest BCUT2D eigenvalue weighted by Gasteiger charge is 2.30. The van der Waals surface area contributed by atoms with Gasteiger partial charge in [0.25, 0.3) is 5.91 Å². The second kappa shape index (κ2) is 6.17. The molecule has 0 radical (unpaired) electrons. The molecule has 3 rings (SSSR count). The summed E-state index contributed by atoms with van der Waals surface area (Å²) in [6.07, 6.45) is 0. The van der Waals surface area contributed by atoms with Gasteiger partial charge in [-0.3, -0.25) is 4.79 Å². The van der Waals surface area contributed by atoms with Gasteiger partial charge in [-0.25, -0.2) is 4.98 Å². The number of carbonyl (C=O) groups is 1. The van der Waals surface area contributed by atoms with Crippen molar-refractivity contribution < 1.29 is 13.9 Å². The van der Waals surface area contributed by atoms with Crippen LogP contribution in [0.15, 0.2) is 46.9 Å². The molecular formula is C18H17ClN2O3. The molecule has 1 aromatic heterocycles. The Kier molecular flexibility index (Phi) is 4.20. The number of amides is 1. The van der Waals surface area contributed by atoms with Crippen LogP contribution in [0.3, 0.4) is 0 Å². The molecule has 24 heavy (non-hydrogen) atoms. The molecule has 0 saturated heterocycles. The molecule has 6 heteroatoms. The molecule has 0 aliphatic carbocycles. The minimum absolute atomic E-state index is 0.286. The first-order valence-electron chi connectivity index (χ1n) is 7.47. The zero-order valence-electron chi connectivity index (χ0n) is 13.6. The predicted molar refractivity (Wildman–Crippen MR) is 93.5 cm³/mol. The topological polar surface area (TPSA) is 64.4 Å². The molecule has 0 aliphatic rings. The van der Waals surface area contributed by atoms with E-state index in [9.17, 15) is 4.79 Å². The Labute approximate surface area is 144 Å². The summed E-state index contributed by atoms with van der Waals surface area (Å²) >= 11 is 5.86. The van der Waals surface area contributed by atoms with Crippen molar-refractivity contribution in [2.24, 2.45) is 0 Å². The van der Waals surface area contributed by atoms with Crippen molar-refractivity contribution in [3.8, 4) is 5.75 Å². The number of benzene rings is 2. The molecule has 1 N–H and O–H groups in total. The first-order valence-corrected chi connectivity index (χ1v) is 7.85. The number of aryl methyl sites for hydroxylation is 1. The molecule has 124 valence electrons. The average Bonchev–Trinajstić information content (AvgIpc) is 2.91. The maximum absolute atomic E-state index is 12.6. The Hall–Kier alpha value is -2.53. The number of ether oxygens (including phenoxy) is 1. The summed E-state index contributed by atoms with van der Waals surface area (Å²) in [6.45, 7) is 5.16. The van der Waals surface area contributed by atoms with E-state index in [1.807, 2.05) is 0 Å². The lowest BCUT2D eigenvalue weighted by Gasteiger charge is -2.25. The van der Waals surface area contributed by atoms with Gasteiger partial charge in [0.2, 0.25) is 0 Å². The smallest absolute Gasteiger partial charge is 0.268 e. The van der Waals surface area contributed by atoms with E-state index in [4.69, 9.17) is 20.8 Å². The fourth-order valence-corrected chi connectivity index (χ4v) is 2.40. The van der Waals surface area contributed by atoms with Crippen LogP contribution in [0.2, 0.25) is 5.02 Å². The van der Waals surface area contributed by atoms with Gasteiger partial charge in [0.05, 0.1) is 5.69 Å². The minimum atomic E-state index is -1.07. The molecule has 3 aromatic rings. The molecule has 0 unspecified atom stereocenters. The summed E-state index contributed by atoms with van der Waals surface area (Å²) < 4.78 is 11.3. The van der Waals surface area contributed by atoms with Crippen LogP contribution < -0.4 is 10.1 Å². The Bertz CT molecular complexity index is 885. The highest BCUT2D eigenvalue weighted by atomic mass is 35.5. The molecule has 1 heterocycles. The standard InChI is InChI=1S/C18H17ClN2O3/c1-11-20-16-14(5-4-6-15(16)23-11)21-17(22)18(2,3)24-13-9-7-12(19)8-10-13/h4-10H,1-3H3,(H,21,22). The van der Waals surface area contributed by atoms with Crippen molar-refractivity contribution >= 4 is 34.3 Å². The number of oxazole rings is 1. The largest absolute Gasteiger partial charge is 0.478 e. The monoisotopic (exact) mass is 344 g/mol. The molecule has 1 amide bonds. The van der Waals surface area contributed by atoms with E-state index < -0.39 is 5.60 Å². The quantitative estimate of drug-likeness (QED) is 0.752. The Morgan fingerprint density at radius 1 is 1.21 bits per heavy atom. The van der Waals surface area contributed by atoms with E-state index in [0.717, 1.165) is 0 Å². The Morgan fingerprint density at radius 2 is 1.92 bits per heavy atom. The van der Waals surface area contributed by atoms with Gasteiger partial charge in [-0.05, 0) is 50.2 Å². The van der Waals surface area contributed by atoms with Crippen LogP contribution in [0.25, 0.3) is 11.1 Å². The van der Waals surface area contributed by atoms with Crippen LogP contribution in [0.4, 0.5) is 5.69 Å². The van der Waals surface area contributed by atoms with Crippen LogP contribution in [0, 0.1) is 6.92 Å². The maximum atomic E-state index is 12.6. The third-order valence-electron chi connectivity index (χ3n) is 3.51. The van der Waals surface area contributed by atoms with Gasteiger partial charge >= 0.3 is 0 Å². The summed E-state index contributed by atoms with van der Waals surface area (Å²) in [6, 6.07) is 12.3. The van der Waals surface area contributed by atoms with Crippen LogP contribution in [-0.4, -0.2) is 16.5 Å². The van der Waals surface area contributed by atoms with Crippen LogP contribution in [0.5, 0.6) is 5.75 Å². The van der Waals surface area contributed by atoms with E-state index >= 15 is 0 Å². The van der Waals surface area contributed by atoms with E-state index in [0.29, 0.717) is 33.4 Å². The lowest BCUT2D eigenvalue weighted by atomic mass is 10.1. The Balaban J connectivity index is 1.80. The van der Waals surface area contributed by atoms with Gasteiger partial charge < -0.3 is 14.5 Å². The van der Waals surface area contributed by atoms with Crippen molar-refractivity contribution in [3.63, 3.8) is 0 Å². The molecule has 0 saturated carbocycles. The van der Waals surface area contributed by atoms with Crippen LogP contribution in [-0.2, 0) is 4.79 Å². The third-order valence-corrected chi connectivity index (χ3v) is 3.76. The minimum Gasteiger partial charge on any atom is -0.478 e. The zero-order valence-corrected chi connectivity index (χ0v) is 14.3. The number of anilines is 1. The second-order valence-electron chi connectivity index (χ2n) is 5.91. The Morgan fingerprint density at radius 3 is 2.62 bits per heavy atom. The number of para-hydroxylation sites is 1. The maximum Gasteiger partial charge on any atom is 0.268 e. The van der Waals surface area contributed by atoms with Gasteiger partial charge in [-0.15, -0.1) is 0 Å². The van der Waals surface area contributed by atoms with Gasteiger partial charge in [-0.1, -0.05) is 17.7 Å². The normalized spacial score (nSPS) is 11.5. The van der Waals surface area contributed by atoms with Gasteiger partial charge in [0.15, 0.2) is 17.1 Å². The summed E-state index contributed by atoms with van der Waals surface area (Å²) in [4.78, 5) is 16.9. The molecule has 0 atom stereocenters. The number of nitrogens with zero attached hydrogens (tertiary/aromatic N) is 1. The summed E-state index contributed by atoms with van der Waals surface area (Å²) in [5.74, 6) is 0.823. The van der Waals surface area contributed by atoms with Crippen molar-refractivity contribution in [2.75, 3.05) is 5.32 Å². The molecule has 0 fully saturated rings. The first-order chi connectivity index (χ1) is 11.3. The number of hydrogen-bond acceptors (Lipinski definition) is 4. The second-order valence-corrected chi connectivity index (χ2v) is 6.34. The fraction of sp³-hybridized carbons (Fsp3) is 0.222. The molecule has 2 aromatic carbocycles. The van der Waals surface area contributed by atoms with Crippen molar-refractivity contribution in [2.45, 2.75) is 26.4 Å². The number of aromatic nitrogens is 1. The van der Waals surface area contributed by atoms with E-state index in [1.54, 1.807) is 63.2 Å². The molecule has 5 nitrogen and oxygen atoms in total. The number of hydrogen-bond donors (Lipinski definition) is 1. The predicted octanol–water partition coefficient (Wildman–Crippen LogP) is 4.59. The fourth-order valence-electron chi connectivity index (χ4n) is 2.28. The highest BCUT2D eigenvalue weighted by molar-refractivity contribution is 6.30. The summed E-state index contributed by atoms with van der Waals surface area (Å²) in [5.41, 5.74) is 0.754. The van der Waals surface area contributed by atoms with Crippen molar-refractivity contribution in [1.29, 1.82) is 0 Å². The molecule has 0 spiro atoms. The van der Waals surface area contributed by atoms with Crippen LogP contribution >= 0.6 is 11.6 Å². The molecule has 0 aliphatic heterocycles. The number of rotatable bonds is 4. The van der Waals surface area contributed by atoms with Crippen molar-refractivity contribution in [1.82, 2.24) is 4.98 Å². The number of fused-ring (bicyclic) bond motifs is 1. The average molecular weight is 345 g/mol. The number of halogens is 1.